The Kier molecular flexibility index (Phi) is 7.37. The second-order valence-corrected chi connectivity index (χ2v) is 9.86. The van der Waals surface area contributed by atoms with Gasteiger partial charge in [-0.2, -0.15) is 0 Å². The summed E-state index contributed by atoms with van der Waals surface area (Å²) in [5.41, 5.74) is -2.03. The Balaban J connectivity index is 2.07. The number of nitrogens with one attached hydrogen (secondary N) is 1. The van der Waals surface area contributed by atoms with Gasteiger partial charge in [-0.25, -0.2) is 4.79 Å². The van der Waals surface area contributed by atoms with E-state index in [-0.39, 0.29) is 12.0 Å². The molecule has 2 heterocycles. The van der Waals surface area contributed by atoms with Crippen LogP contribution in [0.2, 0.25) is 0 Å². The highest BCUT2D eigenvalue weighted by Crippen LogP contribution is 2.59. The zero-order valence-electron chi connectivity index (χ0n) is 22.5. The van der Waals surface area contributed by atoms with Crippen LogP contribution in [-0.4, -0.2) is 52.8 Å². The molecule has 0 bridgehead atoms. The quantitative estimate of drug-likeness (QED) is 0.292. The molecule has 1 aliphatic heterocycles. The third kappa shape index (κ3) is 4.05. The average Bonchev–Trinajstić information content (AvgIpc) is 3.33. The van der Waals surface area contributed by atoms with Crippen LogP contribution in [0.1, 0.15) is 28.7 Å². The van der Waals surface area contributed by atoms with Crippen LogP contribution in [-0.2, 0) is 15.9 Å². The SMILES string of the molecule is COc1cccc(C(c2ccccc2)(c2ccccc2)[C@]2(n3cc(C)c(=O)[nH]c3=O)C[C@H](O)[C@@H](CO)O2)c1OC. The van der Waals surface area contributed by atoms with Crippen molar-refractivity contribution in [3.05, 3.63) is 128 Å². The number of aliphatic hydroxyl groups excluding tert-OH is 2. The fourth-order valence-electron chi connectivity index (χ4n) is 6.06. The topological polar surface area (TPSA) is 123 Å². The van der Waals surface area contributed by atoms with E-state index in [0.29, 0.717) is 28.2 Å². The lowest BCUT2D eigenvalue weighted by molar-refractivity contribution is -0.147. The zero-order valence-corrected chi connectivity index (χ0v) is 22.5. The molecule has 3 aromatic carbocycles. The van der Waals surface area contributed by atoms with Crippen molar-refractivity contribution in [2.24, 2.45) is 0 Å². The average molecular weight is 545 g/mol. The Labute approximate surface area is 231 Å². The van der Waals surface area contributed by atoms with Crippen molar-refractivity contribution in [3.63, 3.8) is 0 Å². The standard InChI is InChI=1S/C31H32N2O7/c1-20-18-33(29(37)32-28(20)36)30(17-24(35)26(19-34)40-30)31(21-11-6-4-7-12-21,22-13-8-5-9-14-22)23-15-10-16-25(38-2)27(23)39-3/h4-16,18,24,26,34-35H,17,19H2,1-3H3,(H,32,36,37)/t24-,26+,30-/m0/s1. The van der Waals surface area contributed by atoms with E-state index in [1.807, 2.05) is 72.8 Å². The summed E-state index contributed by atoms with van der Waals surface area (Å²) in [5, 5.41) is 21.6. The number of aromatic nitrogens is 2. The molecule has 1 saturated heterocycles. The van der Waals surface area contributed by atoms with Gasteiger partial charge in [-0.1, -0.05) is 72.8 Å². The Morgan fingerprint density at radius 1 is 0.975 bits per heavy atom. The first-order valence-corrected chi connectivity index (χ1v) is 13.0. The van der Waals surface area contributed by atoms with E-state index < -0.39 is 41.2 Å². The Morgan fingerprint density at radius 3 is 2.12 bits per heavy atom. The second kappa shape index (κ2) is 10.8. The van der Waals surface area contributed by atoms with E-state index in [0.717, 1.165) is 0 Å². The normalized spacial score (nSPS) is 20.8. The summed E-state index contributed by atoms with van der Waals surface area (Å²) >= 11 is 0. The van der Waals surface area contributed by atoms with Crippen molar-refractivity contribution in [3.8, 4) is 11.5 Å². The van der Waals surface area contributed by atoms with Crippen LogP contribution < -0.4 is 20.7 Å². The van der Waals surface area contributed by atoms with Crippen molar-refractivity contribution in [1.29, 1.82) is 0 Å². The van der Waals surface area contributed by atoms with Crippen LogP contribution in [0.4, 0.5) is 0 Å². The highest BCUT2D eigenvalue weighted by atomic mass is 16.6. The number of hydrogen-bond acceptors (Lipinski definition) is 7. The molecule has 1 aliphatic rings. The van der Waals surface area contributed by atoms with Crippen molar-refractivity contribution < 1.29 is 24.4 Å². The molecule has 9 nitrogen and oxygen atoms in total. The zero-order chi connectivity index (χ0) is 28.5. The van der Waals surface area contributed by atoms with Crippen molar-refractivity contribution in [1.82, 2.24) is 9.55 Å². The molecule has 0 radical (unpaired) electrons. The molecule has 9 heteroatoms. The van der Waals surface area contributed by atoms with E-state index in [1.165, 1.54) is 25.0 Å². The molecule has 40 heavy (non-hydrogen) atoms. The molecule has 3 atom stereocenters. The molecule has 0 saturated carbocycles. The maximum absolute atomic E-state index is 13.7. The fraction of sp³-hybridized carbons (Fsp3) is 0.290. The minimum Gasteiger partial charge on any atom is -0.493 e. The molecule has 0 aliphatic carbocycles. The van der Waals surface area contributed by atoms with Gasteiger partial charge in [0, 0.05) is 23.7 Å². The van der Waals surface area contributed by atoms with E-state index in [2.05, 4.69) is 4.98 Å². The summed E-state index contributed by atoms with van der Waals surface area (Å²) in [6.45, 7) is 1.10. The van der Waals surface area contributed by atoms with Crippen LogP contribution in [0.15, 0.2) is 94.6 Å². The van der Waals surface area contributed by atoms with Crippen LogP contribution in [0.5, 0.6) is 11.5 Å². The van der Waals surface area contributed by atoms with Gasteiger partial charge in [0.05, 0.1) is 32.3 Å². The largest absolute Gasteiger partial charge is 0.493 e. The lowest BCUT2D eigenvalue weighted by Crippen LogP contribution is -2.59. The first-order valence-electron chi connectivity index (χ1n) is 13.0. The molecule has 0 amide bonds. The van der Waals surface area contributed by atoms with Gasteiger partial charge < -0.3 is 24.4 Å². The van der Waals surface area contributed by atoms with Gasteiger partial charge in [-0.3, -0.25) is 14.3 Å². The molecule has 1 aromatic heterocycles. The summed E-state index contributed by atoms with van der Waals surface area (Å²) in [6, 6.07) is 24.4. The molecule has 0 spiro atoms. The Hall–Kier alpha value is -4.18. The number of methoxy groups -OCH3 is 2. The summed E-state index contributed by atoms with van der Waals surface area (Å²) in [4.78, 5) is 28.6. The molecule has 5 rings (SSSR count). The van der Waals surface area contributed by atoms with Gasteiger partial charge in [-0.05, 0) is 24.1 Å². The van der Waals surface area contributed by atoms with E-state index >= 15 is 0 Å². The number of ether oxygens (including phenoxy) is 3. The number of aromatic amines is 1. The first kappa shape index (κ1) is 27.4. The number of benzene rings is 3. The molecule has 208 valence electrons. The summed E-state index contributed by atoms with van der Waals surface area (Å²) < 4.78 is 19.7. The highest BCUT2D eigenvalue weighted by molar-refractivity contribution is 5.61. The van der Waals surface area contributed by atoms with Gasteiger partial charge >= 0.3 is 5.69 Å². The molecule has 1 fully saturated rings. The molecular formula is C31H32N2O7. The highest BCUT2D eigenvalue weighted by Gasteiger charge is 2.64. The van der Waals surface area contributed by atoms with Gasteiger partial charge in [-0.15, -0.1) is 0 Å². The minimum atomic E-state index is -1.70. The van der Waals surface area contributed by atoms with Gasteiger partial charge in [0.15, 0.2) is 17.2 Å². The monoisotopic (exact) mass is 544 g/mol. The lowest BCUT2D eigenvalue weighted by atomic mass is 9.61. The Bertz CT molecular complexity index is 1560. The van der Waals surface area contributed by atoms with Crippen LogP contribution >= 0.6 is 0 Å². The molecule has 3 N–H and O–H groups in total. The summed E-state index contributed by atoms with van der Waals surface area (Å²) in [6.07, 6.45) is -0.829. The van der Waals surface area contributed by atoms with Gasteiger partial charge in [0.25, 0.3) is 5.56 Å². The second-order valence-electron chi connectivity index (χ2n) is 9.86. The van der Waals surface area contributed by atoms with Crippen LogP contribution in [0.25, 0.3) is 0 Å². The van der Waals surface area contributed by atoms with Gasteiger partial charge in [0.2, 0.25) is 0 Å². The summed E-state index contributed by atoms with van der Waals surface area (Å²) in [5.74, 6) is 0.852. The number of nitrogens with zero attached hydrogens (tertiary/aromatic N) is 1. The smallest absolute Gasteiger partial charge is 0.330 e. The molecule has 4 aromatic rings. The Morgan fingerprint density at radius 2 is 1.60 bits per heavy atom. The van der Waals surface area contributed by atoms with Crippen molar-refractivity contribution in [2.75, 3.05) is 20.8 Å². The van der Waals surface area contributed by atoms with E-state index in [1.54, 1.807) is 13.0 Å². The predicted molar refractivity (Wildman–Crippen MR) is 149 cm³/mol. The lowest BCUT2D eigenvalue weighted by Gasteiger charge is -2.50. The minimum absolute atomic E-state index is 0.103. The van der Waals surface area contributed by atoms with Gasteiger partial charge in [0.1, 0.15) is 6.10 Å². The number of H-pyrrole nitrogens is 1. The van der Waals surface area contributed by atoms with E-state index in [9.17, 15) is 19.8 Å². The number of hydrogen-bond donors (Lipinski definition) is 3. The molecule has 0 unspecified atom stereocenters. The fourth-order valence-corrected chi connectivity index (χ4v) is 6.06. The third-order valence-electron chi connectivity index (χ3n) is 7.76. The predicted octanol–water partition coefficient (Wildman–Crippen LogP) is 2.69. The van der Waals surface area contributed by atoms with E-state index in [4.69, 9.17) is 14.2 Å². The maximum Gasteiger partial charge on any atom is 0.330 e. The van der Waals surface area contributed by atoms with Crippen LogP contribution in [0.3, 0.4) is 0 Å². The third-order valence-corrected chi connectivity index (χ3v) is 7.76. The molecular weight excluding hydrogens is 512 g/mol. The number of aliphatic hydroxyl groups is 2. The number of para-hydroxylation sites is 1. The first-order chi connectivity index (χ1) is 19.3. The van der Waals surface area contributed by atoms with Crippen molar-refractivity contribution >= 4 is 0 Å². The van der Waals surface area contributed by atoms with Crippen molar-refractivity contribution in [2.45, 2.75) is 36.7 Å². The maximum atomic E-state index is 13.7. The number of rotatable bonds is 8. The summed E-state index contributed by atoms with van der Waals surface area (Å²) in [7, 11) is 3.07. The number of aryl methyl sites for hydroxylation is 1. The van der Waals surface area contributed by atoms with Crippen LogP contribution in [0, 0.1) is 6.92 Å².